The molecule has 0 unspecified atom stereocenters. The summed E-state index contributed by atoms with van der Waals surface area (Å²) in [5, 5.41) is 10.8. The number of carbonyl (C=O) groups excluding carboxylic acids is 2. The monoisotopic (exact) mass is 379 g/mol. The highest BCUT2D eigenvalue weighted by atomic mass is 16.2. The lowest BCUT2D eigenvalue weighted by Gasteiger charge is -2.10. The average Bonchev–Trinajstić information content (AvgIpc) is 3.10. The fourth-order valence-electron chi connectivity index (χ4n) is 3.02. The molecule has 0 atom stereocenters. The Hall–Kier alpha value is -3.22. The standard InChI is InChI=1S/C21H25N5O2/c1-5-22-20(27)16-8-6-15(7-9-16)11-23-21(28)17-10-14(4)25-19-18(17)12-24-26(19)13(2)3/h6-10,12-13H,5,11H2,1-4H3,(H,22,27)(H,23,28). The van der Waals surface area contributed by atoms with E-state index in [1.54, 1.807) is 24.4 Å². The molecule has 0 saturated carbocycles. The van der Waals surface area contributed by atoms with Gasteiger partial charge in [0.1, 0.15) is 0 Å². The molecule has 3 aromatic rings. The minimum absolute atomic E-state index is 0.102. The second kappa shape index (κ2) is 8.21. The zero-order valence-electron chi connectivity index (χ0n) is 16.6. The molecule has 7 nitrogen and oxygen atoms in total. The topological polar surface area (TPSA) is 88.9 Å². The average molecular weight is 379 g/mol. The van der Waals surface area contributed by atoms with E-state index in [0.717, 1.165) is 16.6 Å². The Morgan fingerprint density at radius 1 is 1.11 bits per heavy atom. The quantitative estimate of drug-likeness (QED) is 0.689. The fraction of sp³-hybridized carbons (Fsp3) is 0.333. The number of fused-ring (bicyclic) bond motifs is 1. The van der Waals surface area contributed by atoms with Crippen LogP contribution < -0.4 is 10.6 Å². The van der Waals surface area contributed by atoms with Gasteiger partial charge in [-0.15, -0.1) is 0 Å². The molecule has 2 heterocycles. The Bertz CT molecular complexity index is 1010. The number of nitrogens with zero attached hydrogens (tertiary/aromatic N) is 3. The maximum Gasteiger partial charge on any atom is 0.252 e. The van der Waals surface area contributed by atoms with Gasteiger partial charge in [0.25, 0.3) is 11.8 Å². The van der Waals surface area contributed by atoms with Gasteiger partial charge in [-0.05, 0) is 51.5 Å². The van der Waals surface area contributed by atoms with Crippen molar-refractivity contribution in [3.63, 3.8) is 0 Å². The summed E-state index contributed by atoms with van der Waals surface area (Å²) in [5.74, 6) is -0.276. The Morgan fingerprint density at radius 2 is 1.82 bits per heavy atom. The molecule has 0 aliphatic rings. The van der Waals surface area contributed by atoms with Crippen LogP contribution in [0.2, 0.25) is 0 Å². The number of nitrogens with one attached hydrogen (secondary N) is 2. The van der Waals surface area contributed by atoms with Crippen molar-refractivity contribution in [2.24, 2.45) is 0 Å². The molecule has 2 amide bonds. The van der Waals surface area contributed by atoms with E-state index < -0.39 is 0 Å². The molecule has 0 saturated heterocycles. The summed E-state index contributed by atoms with van der Waals surface area (Å²) in [5.41, 5.74) is 3.57. The third kappa shape index (κ3) is 4.03. The third-order valence-electron chi connectivity index (χ3n) is 4.44. The molecule has 146 valence electrons. The number of amides is 2. The largest absolute Gasteiger partial charge is 0.352 e. The van der Waals surface area contributed by atoms with Crippen LogP contribution in [0.3, 0.4) is 0 Å². The number of hydrogen-bond donors (Lipinski definition) is 2. The van der Waals surface area contributed by atoms with Crippen LogP contribution >= 0.6 is 0 Å². The van der Waals surface area contributed by atoms with Crippen molar-refractivity contribution in [3.05, 3.63) is 58.9 Å². The van der Waals surface area contributed by atoms with Crippen molar-refractivity contribution < 1.29 is 9.59 Å². The van der Waals surface area contributed by atoms with Crippen LogP contribution in [0.1, 0.15) is 58.8 Å². The summed E-state index contributed by atoms with van der Waals surface area (Å²) >= 11 is 0. The van der Waals surface area contributed by atoms with Crippen LogP contribution in [0.4, 0.5) is 0 Å². The maximum atomic E-state index is 12.8. The summed E-state index contributed by atoms with van der Waals surface area (Å²) < 4.78 is 1.82. The smallest absolute Gasteiger partial charge is 0.252 e. The van der Waals surface area contributed by atoms with Gasteiger partial charge in [-0.2, -0.15) is 5.10 Å². The number of aryl methyl sites for hydroxylation is 1. The molecule has 7 heteroatoms. The predicted octanol–water partition coefficient (Wildman–Crippen LogP) is 3.00. The first-order valence-corrected chi connectivity index (χ1v) is 9.41. The second-order valence-electron chi connectivity index (χ2n) is 6.97. The first-order chi connectivity index (χ1) is 13.4. The molecule has 0 fully saturated rings. The number of aromatic nitrogens is 3. The lowest BCUT2D eigenvalue weighted by Crippen LogP contribution is -2.24. The van der Waals surface area contributed by atoms with E-state index in [1.807, 2.05) is 44.5 Å². The number of benzene rings is 1. The molecular formula is C21H25N5O2. The van der Waals surface area contributed by atoms with Crippen LogP contribution in [-0.4, -0.2) is 33.1 Å². The van der Waals surface area contributed by atoms with Crippen LogP contribution in [-0.2, 0) is 6.54 Å². The van der Waals surface area contributed by atoms with E-state index in [9.17, 15) is 9.59 Å². The normalized spacial score (nSPS) is 11.0. The van der Waals surface area contributed by atoms with Gasteiger partial charge in [0, 0.05) is 30.4 Å². The van der Waals surface area contributed by atoms with E-state index in [4.69, 9.17) is 0 Å². The van der Waals surface area contributed by atoms with Crippen LogP contribution in [0, 0.1) is 6.92 Å². The Balaban J connectivity index is 1.76. The van der Waals surface area contributed by atoms with Crippen molar-refractivity contribution in [1.29, 1.82) is 0 Å². The molecule has 1 aromatic carbocycles. The van der Waals surface area contributed by atoms with E-state index in [-0.39, 0.29) is 17.9 Å². The number of carbonyl (C=O) groups is 2. The van der Waals surface area contributed by atoms with Crippen molar-refractivity contribution in [2.75, 3.05) is 6.54 Å². The summed E-state index contributed by atoms with van der Waals surface area (Å²) in [7, 11) is 0. The Labute approximate surface area is 164 Å². The van der Waals surface area contributed by atoms with E-state index in [2.05, 4.69) is 20.7 Å². The van der Waals surface area contributed by atoms with E-state index in [1.165, 1.54) is 0 Å². The molecule has 2 aromatic heterocycles. The van der Waals surface area contributed by atoms with Gasteiger partial charge < -0.3 is 10.6 Å². The van der Waals surface area contributed by atoms with Crippen molar-refractivity contribution in [1.82, 2.24) is 25.4 Å². The lowest BCUT2D eigenvalue weighted by atomic mass is 10.1. The van der Waals surface area contributed by atoms with Crippen molar-refractivity contribution in [3.8, 4) is 0 Å². The van der Waals surface area contributed by atoms with E-state index in [0.29, 0.717) is 29.9 Å². The molecular weight excluding hydrogens is 354 g/mol. The summed E-state index contributed by atoms with van der Waals surface area (Å²) in [6.45, 7) is 8.76. The summed E-state index contributed by atoms with van der Waals surface area (Å²) in [6.07, 6.45) is 1.69. The van der Waals surface area contributed by atoms with Crippen LogP contribution in [0.15, 0.2) is 36.5 Å². The van der Waals surface area contributed by atoms with Gasteiger partial charge in [-0.25, -0.2) is 9.67 Å². The van der Waals surface area contributed by atoms with Crippen LogP contribution in [0.5, 0.6) is 0 Å². The fourth-order valence-corrected chi connectivity index (χ4v) is 3.02. The number of pyridine rings is 1. The first-order valence-electron chi connectivity index (χ1n) is 9.41. The second-order valence-corrected chi connectivity index (χ2v) is 6.97. The number of rotatable bonds is 6. The lowest BCUT2D eigenvalue weighted by molar-refractivity contribution is 0.0944. The highest BCUT2D eigenvalue weighted by Gasteiger charge is 2.16. The Kier molecular flexibility index (Phi) is 5.73. The molecule has 0 bridgehead atoms. The Morgan fingerprint density at radius 3 is 2.46 bits per heavy atom. The minimum Gasteiger partial charge on any atom is -0.352 e. The molecule has 2 N–H and O–H groups in total. The van der Waals surface area contributed by atoms with E-state index >= 15 is 0 Å². The molecule has 0 aliphatic heterocycles. The number of hydrogen-bond acceptors (Lipinski definition) is 4. The van der Waals surface area contributed by atoms with Gasteiger partial charge in [0.05, 0.1) is 17.1 Å². The van der Waals surface area contributed by atoms with Gasteiger partial charge >= 0.3 is 0 Å². The summed E-state index contributed by atoms with van der Waals surface area (Å²) in [6, 6.07) is 9.14. The first kappa shape index (κ1) is 19.5. The predicted molar refractivity (Wildman–Crippen MR) is 108 cm³/mol. The minimum atomic E-state index is -0.174. The van der Waals surface area contributed by atoms with Gasteiger partial charge in [-0.3, -0.25) is 9.59 Å². The van der Waals surface area contributed by atoms with Gasteiger partial charge in [0.15, 0.2) is 5.65 Å². The van der Waals surface area contributed by atoms with Gasteiger partial charge in [-0.1, -0.05) is 12.1 Å². The van der Waals surface area contributed by atoms with Crippen molar-refractivity contribution in [2.45, 2.75) is 40.3 Å². The summed E-state index contributed by atoms with van der Waals surface area (Å²) in [4.78, 5) is 29.1. The molecule has 3 rings (SSSR count). The maximum absolute atomic E-state index is 12.8. The molecule has 0 spiro atoms. The van der Waals surface area contributed by atoms with Gasteiger partial charge in [0.2, 0.25) is 0 Å². The zero-order valence-corrected chi connectivity index (χ0v) is 16.6. The molecule has 28 heavy (non-hydrogen) atoms. The van der Waals surface area contributed by atoms with Crippen LogP contribution in [0.25, 0.3) is 11.0 Å². The SMILES string of the molecule is CCNC(=O)c1ccc(CNC(=O)c2cc(C)nc3c2cnn3C(C)C)cc1. The highest BCUT2D eigenvalue weighted by Crippen LogP contribution is 2.21. The third-order valence-corrected chi connectivity index (χ3v) is 4.44. The van der Waals surface area contributed by atoms with Crippen molar-refractivity contribution >= 4 is 22.8 Å². The zero-order chi connectivity index (χ0) is 20.3. The molecule has 0 aliphatic carbocycles. The highest BCUT2D eigenvalue weighted by molar-refractivity contribution is 6.05. The molecule has 0 radical (unpaired) electrons.